The highest BCUT2D eigenvalue weighted by atomic mass is 31.2. The first-order valence-electron chi connectivity index (χ1n) is 28.1. The molecule has 3 heterocycles. The fraction of sp³-hybridized carbons (Fsp3) is 0.750. The maximum absolute atomic E-state index is 14.6. The summed E-state index contributed by atoms with van der Waals surface area (Å²) in [5.74, 6) is -9.24. The fourth-order valence-electron chi connectivity index (χ4n) is 11.4. The van der Waals surface area contributed by atoms with Gasteiger partial charge in [-0.1, -0.05) is 71.1 Å². The Morgan fingerprint density at radius 1 is 0.864 bits per heavy atom. The van der Waals surface area contributed by atoms with Crippen molar-refractivity contribution >= 4 is 50.5 Å². The normalized spacial score (nSPS) is 35.3. The van der Waals surface area contributed by atoms with Gasteiger partial charge in [-0.2, -0.15) is 0 Å². The molecule has 2 amide bonds. The number of carbonyl (C=O) groups excluding carboxylic acids is 6. The molecule has 8 N–H and O–H groups in total. The number of piperidine rings is 1. The zero-order valence-corrected chi connectivity index (χ0v) is 50.3. The maximum Gasteiger partial charge on any atom is 0.407 e. The zero-order chi connectivity index (χ0) is 60.8. The van der Waals surface area contributed by atoms with E-state index in [1.54, 1.807) is 47.8 Å². The van der Waals surface area contributed by atoms with Crippen LogP contribution in [0.5, 0.6) is 0 Å². The predicted molar refractivity (Wildman–Crippen MR) is 296 cm³/mol. The van der Waals surface area contributed by atoms with Crippen molar-refractivity contribution in [1.82, 2.24) is 10.2 Å². The van der Waals surface area contributed by atoms with Crippen LogP contribution in [0.15, 0.2) is 47.6 Å². The summed E-state index contributed by atoms with van der Waals surface area (Å²) < 4.78 is 58.7. The molecule has 460 valence electrons. The molecular weight excluding hydrogens is 1100 g/mol. The van der Waals surface area contributed by atoms with Crippen molar-refractivity contribution in [3.63, 3.8) is 0 Å². The Balaban J connectivity index is 1.62. The van der Waals surface area contributed by atoms with Crippen LogP contribution in [-0.4, -0.2) is 169 Å². The number of carbonyl (C=O) groups is 6. The highest BCUT2D eigenvalue weighted by Gasteiger charge is 2.59. The number of aliphatic hydroxyl groups excluding tert-OH is 1. The molecular formula is C56H90N2O21P2. The third kappa shape index (κ3) is 18.6. The molecule has 15 atom stereocenters. The average molecular weight is 1190 g/mol. The van der Waals surface area contributed by atoms with Gasteiger partial charge in [0.1, 0.15) is 36.2 Å². The number of methoxy groups -OCH3 is 3. The van der Waals surface area contributed by atoms with Crippen LogP contribution in [0.4, 0.5) is 4.79 Å². The topological polar surface area (TPSA) is 349 Å². The number of cyclic esters (lactones) is 1. The third-order valence-electron chi connectivity index (χ3n) is 16.6. The summed E-state index contributed by atoms with van der Waals surface area (Å²) in [6, 6.07) is -1.26. The van der Waals surface area contributed by atoms with E-state index in [1.807, 2.05) is 44.2 Å². The average Bonchev–Trinajstić information content (AvgIpc) is 3.48. The van der Waals surface area contributed by atoms with E-state index in [0.29, 0.717) is 56.9 Å². The van der Waals surface area contributed by atoms with Crippen LogP contribution in [-0.2, 0) is 61.5 Å². The van der Waals surface area contributed by atoms with Gasteiger partial charge in [0.05, 0.1) is 18.3 Å². The van der Waals surface area contributed by atoms with E-state index in [1.165, 1.54) is 14.2 Å². The molecule has 3 aliphatic heterocycles. The lowest BCUT2D eigenvalue weighted by molar-refractivity contribution is -0.265. The molecule has 4 aliphatic rings. The van der Waals surface area contributed by atoms with Crippen LogP contribution in [0.25, 0.3) is 0 Å². The number of rotatable bonds is 13. The minimum Gasteiger partial charge on any atom is -0.460 e. The van der Waals surface area contributed by atoms with E-state index in [2.05, 4.69) is 5.32 Å². The molecule has 81 heavy (non-hydrogen) atoms. The van der Waals surface area contributed by atoms with Crippen molar-refractivity contribution in [2.45, 2.75) is 198 Å². The number of nitrogens with zero attached hydrogens (tertiary/aromatic N) is 1. The minimum atomic E-state index is -5.69. The first-order chi connectivity index (χ1) is 37.8. The van der Waals surface area contributed by atoms with Crippen LogP contribution >= 0.6 is 15.2 Å². The molecule has 2 saturated heterocycles. The Labute approximate surface area is 475 Å². The zero-order valence-electron chi connectivity index (χ0n) is 48.5. The maximum atomic E-state index is 14.6. The summed E-state index contributed by atoms with van der Waals surface area (Å²) in [7, 11) is -7.08. The standard InChI is InChI=1S/C56H90N2O21P2/c1-33-17-12-11-13-18-34(2)45(74-8)31-41-22-20-39(7)56(67,79-41)51(62)52(63)58-26-15-14-19-42(58)53(64)77-46(32-43(59)35(3)28-38(6)49(61)50(76-10)48(60)37(5)27-33)36(4)29-40-21-23-44(47(30-40)75-9)78-54(65)57-25-16-24-55(66,80(68,69)70)81(71,72)73/h11-13,17-18,28,33,35-37,39-42,44-47,49-50,61,66-67H,14-16,19-27,29-32H2,1-10H3,(H,57,65)(H2,68,69,70)(H2,71,72,73)/b13-11+,17-12+,34-18+,38-28+/t33-,35-,36-,37-,39-,40+,41+,42?,44-,45+,46+,47-,49-,50+,56?/m1/s1. The van der Waals surface area contributed by atoms with E-state index in [0.717, 1.165) is 10.5 Å². The number of alkyl carbamates (subject to hydrolysis) is 1. The molecule has 2 bridgehead atoms. The molecule has 1 aliphatic carbocycles. The molecule has 4 rings (SSSR count). The second-order valence-corrected chi connectivity index (χ2v) is 26.9. The Bertz CT molecular complexity index is 2380. The SMILES string of the molecule is CO[C@H]1C[C@@H]2CC[C@@H](C)C(O)(O2)C(=O)C(=O)N2CCCCC2C(=O)O[C@H]([C@H](C)C[C@@H]2CC[C@@H](OC(=O)NCCCC(O)(P(=O)(O)O)P(=O)(O)O)[C@H](OC)C2)CC(=O)[C@H](C)/C=C(\C)[C@@H](O)[C@@H](OC)C(=O)[C@H](C)C[C@H](C)/C=C/C=C/C=C/1C. The molecule has 1 saturated carbocycles. The summed E-state index contributed by atoms with van der Waals surface area (Å²) in [5.41, 5.74) is 1.14. The van der Waals surface area contributed by atoms with E-state index in [4.69, 9.17) is 28.4 Å². The smallest absolute Gasteiger partial charge is 0.407 e. The van der Waals surface area contributed by atoms with Gasteiger partial charge in [-0.05, 0) is 113 Å². The molecule has 0 aromatic rings. The van der Waals surface area contributed by atoms with Crippen molar-refractivity contribution in [3.8, 4) is 0 Å². The van der Waals surface area contributed by atoms with Gasteiger partial charge in [0.2, 0.25) is 5.79 Å². The molecule has 0 aromatic carbocycles. The van der Waals surface area contributed by atoms with Gasteiger partial charge in [-0.15, -0.1) is 0 Å². The van der Waals surface area contributed by atoms with Crippen molar-refractivity contribution in [1.29, 1.82) is 0 Å². The predicted octanol–water partition coefficient (Wildman–Crippen LogP) is 5.70. The minimum absolute atomic E-state index is 0.000230. The molecule has 0 radical (unpaired) electrons. The number of hydrogen-bond acceptors (Lipinski definition) is 17. The van der Waals surface area contributed by atoms with Gasteiger partial charge in [-0.25, -0.2) is 9.59 Å². The second-order valence-electron chi connectivity index (χ2n) is 22.9. The number of nitrogens with one attached hydrogen (secondary N) is 1. The summed E-state index contributed by atoms with van der Waals surface area (Å²) in [6.07, 6.45) is 5.95. The molecule has 23 nitrogen and oxygen atoms in total. The lowest BCUT2D eigenvalue weighted by atomic mass is 9.78. The highest BCUT2D eigenvalue weighted by molar-refractivity contribution is 7.72. The Hall–Kier alpha value is -3.80. The van der Waals surface area contributed by atoms with Crippen molar-refractivity contribution in [3.05, 3.63) is 47.6 Å². The van der Waals surface area contributed by atoms with Crippen molar-refractivity contribution in [2.75, 3.05) is 34.4 Å². The monoisotopic (exact) mass is 1190 g/mol. The van der Waals surface area contributed by atoms with Gasteiger partial charge < -0.3 is 73.5 Å². The lowest BCUT2D eigenvalue weighted by Gasteiger charge is -2.42. The van der Waals surface area contributed by atoms with E-state index in [-0.39, 0.29) is 62.2 Å². The number of ether oxygens (including phenoxy) is 6. The molecule has 0 aromatic heterocycles. The first-order valence-corrected chi connectivity index (χ1v) is 31.3. The highest BCUT2D eigenvalue weighted by Crippen LogP contribution is 2.69. The Morgan fingerprint density at radius 3 is 2.17 bits per heavy atom. The quantitative estimate of drug-likeness (QED) is 0.0360. The van der Waals surface area contributed by atoms with E-state index < -0.39 is 135 Å². The number of aliphatic hydroxyl groups is 3. The number of ketones is 3. The number of esters is 1. The van der Waals surface area contributed by atoms with E-state index in [9.17, 15) is 72.8 Å². The number of amides is 2. The van der Waals surface area contributed by atoms with Gasteiger partial charge in [0.25, 0.3) is 16.8 Å². The van der Waals surface area contributed by atoms with Gasteiger partial charge >= 0.3 is 27.3 Å². The fourth-order valence-corrected chi connectivity index (χ4v) is 13.6. The van der Waals surface area contributed by atoms with Crippen LogP contribution < -0.4 is 5.32 Å². The first kappa shape index (κ1) is 69.7. The van der Waals surface area contributed by atoms with Crippen LogP contribution in [0, 0.1) is 35.5 Å². The third-order valence-corrected chi connectivity index (χ3v) is 20.5. The molecule has 25 heteroatoms. The number of allylic oxidation sites excluding steroid dienone is 6. The lowest BCUT2D eigenvalue weighted by Crippen LogP contribution is -2.61. The van der Waals surface area contributed by atoms with Crippen LogP contribution in [0.3, 0.4) is 0 Å². The van der Waals surface area contributed by atoms with Gasteiger partial charge in [0, 0.05) is 71.4 Å². The van der Waals surface area contributed by atoms with E-state index >= 15 is 0 Å². The molecule has 2 unspecified atom stereocenters. The van der Waals surface area contributed by atoms with Crippen molar-refractivity contribution < 1.29 is 101 Å². The largest absolute Gasteiger partial charge is 0.460 e. The second kappa shape index (κ2) is 30.8. The summed E-state index contributed by atoms with van der Waals surface area (Å²) in [5, 5.41) is 32.4. The Morgan fingerprint density at radius 2 is 1.54 bits per heavy atom. The molecule has 3 fully saturated rings. The summed E-state index contributed by atoms with van der Waals surface area (Å²) in [4.78, 5) is 123. The van der Waals surface area contributed by atoms with Crippen molar-refractivity contribution in [2.24, 2.45) is 35.5 Å². The Kier molecular flexibility index (Phi) is 26.5. The number of Topliss-reactive ketones (excluding diaryl/α,β-unsaturated/α-hetero) is 3. The summed E-state index contributed by atoms with van der Waals surface area (Å²) in [6.45, 7) is 11.9. The molecule has 0 spiro atoms. The van der Waals surface area contributed by atoms with Gasteiger partial charge in [0.15, 0.2) is 5.78 Å². The number of hydrogen-bond donors (Lipinski definition) is 8. The van der Waals surface area contributed by atoms with Crippen LogP contribution in [0.1, 0.15) is 138 Å². The van der Waals surface area contributed by atoms with Gasteiger partial charge in [-0.3, -0.25) is 28.3 Å². The van der Waals surface area contributed by atoms with Crippen LogP contribution in [0.2, 0.25) is 0 Å². The number of fused-ring (bicyclic) bond motifs is 3. The summed E-state index contributed by atoms with van der Waals surface area (Å²) >= 11 is 0.